The molecule has 5 nitrogen and oxygen atoms in total. The van der Waals surface area contributed by atoms with Crippen molar-refractivity contribution in [2.75, 3.05) is 6.54 Å². The van der Waals surface area contributed by atoms with Gasteiger partial charge in [-0.3, -0.25) is 4.79 Å². The highest BCUT2D eigenvalue weighted by Gasteiger charge is 2.33. The number of hydrogen-bond acceptors (Lipinski definition) is 4. The molecule has 1 aromatic heterocycles. The van der Waals surface area contributed by atoms with Gasteiger partial charge in [-0.15, -0.1) is 0 Å². The number of halogens is 2. The van der Waals surface area contributed by atoms with Crippen molar-refractivity contribution in [2.45, 2.75) is 25.8 Å². The Labute approximate surface area is 125 Å². The van der Waals surface area contributed by atoms with Gasteiger partial charge in [0.1, 0.15) is 5.82 Å². The van der Waals surface area contributed by atoms with E-state index in [0.29, 0.717) is 36.2 Å². The van der Waals surface area contributed by atoms with Crippen LogP contribution in [0.25, 0.3) is 0 Å². The maximum absolute atomic E-state index is 13.0. The minimum Gasteiger partial charge on any atom is -0.340 e. The molecule has 2 heterocycles. The molecule has 2 aromatic rings. The van der Waals surface area contributed by atoms with Crippen LogP contribution in [0.15, 0.2) is 22.7 Å². The highest BCUT2D eigenvalue weighted by atomic mass is 35.5. The lowest BCUT2D eigenvalue weighted by Gasteiger charge is -2.17. The number of aromatic nitrogens is 2. The first kappa shape index (κ1) is 14.0. The van der Waals surface area contributed by atoms with E-state index in [0.717, 1.165) is 5.56 Å². The molecule has 3 rings (SSSR count). The molecule has 110 valence electrons. The highest BCUT2D eigenvalue weighted by molar-refractivity contribution is 6.31. The fourth-order valence-electron chi connectivity index (χ4n) is 2.43. The molecule has 0 radical (unpaired) electrons. The number of aryl methyl sites for hydroxylation is 1. The minimum absolute atomic E-state index is 0.00263. The van der Waals surface area contributed by atoms with Crippen LogP contribution in [-0.4, -0.2) is 27.5 Å². The summed E-state index contributed by atoms with van der Waals surface area (Å²) < 4.78 is 18.0. The molecular weight excluding hydrogens is 297 g/mol. The van der Waals surface area contributed by atoms with Gasteiger partial charge in [0.05, 0.1) is 0 Å². The molecule has 0 aliphatic carbocycles. The maximum atomic E-state index is 13.0. The molecule has 1 aliphatic heterocycles. The maximum Gasteiger partial charge on any atom is 0.223 e. The molecule has 1 aromatic carbocycles. The predicted molar refractivity (Wildman–Crippen MR) is 73.2 cm³/mol. The Bertz CT molecular complexity index is 689. The third-order valence-electron chi connectivity index (χ3n) is 3.50. The van der Waals surface area contributed by atoms with Gasteiger partial charge < -0.3 is 9.42 Å². The summed E-state index contributed by atoms with van der Waals surface area (Å²) in [5.41, 5.74) is 0.719. The quantitative estimate of drug-likeness (QED) is 0.874. The Morgan fingerprint density at radius 2 is 2.33 bits per heavy atom. The van der Waals surface area contributed by atoms with Crippen molar-refractivity contribution >= 4 is 17.5 Å². The lowest BCUT2D eigenvalue weighted by Crippen LogP contribution is -2.24. The van der Waals surface area contributed by atoms with E-state index < -0.39 is 5.82 Å². The normalized spacial score (nSPS) is 18.5. The Morgan fingerprint density at radius 3 is 3.00 bits per heavy atom. The third kappa shape index (κ3) is 2.90. The van der Waals surface area contributed by atoms with Crippen LogP contribution in [0.4, 0.5) is 4.39 Å². The zero-order chi connectivity index (χ0) is 15.0. The second-order valence-electron chi connectivity index (χ2n) is 5.08. The first-order valence-electron chi connectivity index (χ1n) is 6.55. The number of carbonyl (C=O) groups excluding carboxylic acids is 1. The molecule has 1 amide bonds. The van der Waals surface area contributed by atoms with E-state index in [1.165, 1.54) is 12.1 Å². The number of hydrogen-bond donors (Lipinski definition) is 0. The second kappa shape index (κ2) is 5.44. The van der Waals surface area contributed by atoms with Gasteiger partial charge in [-0.25, -0.2) is 4.39 Å². The summed E-state index contributed by atoms with van der Waals surface area (Å²) in [5.74, 6) is 0.569. The molecule has 0 N–H and O–H groups in total. The summed E-state index contributed by atoms with van der Waals surface area (Å²) in [6.07, 6.45) is 0.345. The van der Waals surface area contributed by atoms with Gasteiger partial charge in [0.15, 0.2) is 5.82 Å². The molecule has 1 unspecified atom stereocenters. The fourth-order valence-corrected chi connectivity index (χ4v) is 2.66. The van der Waals surface area contributed by atoms with E-state index in [-0.39, 0.29) is 11.8 Å². The van der Waals surface area contributed by atoms with Crippen molar-refractivity contribution in [3.8, 4) is 0 Å². The minimum atomic E-state index is -0.392. The standard InChI is InChI=1S/C14H13ClFN3O2/c1-8-17-14(18-21-8)10-4-13(20)19(7-10)6-9-2-3-11(16)5-12(9)15/h2-3,5,10H,4,6-7H2,1H3. The van der Waals surface area contributed by atoms with E-state index in [2.05, 4.69) is 10.1 Å². The van der Waals surface area contributed by atoms with Crippen molar-refractivity contribution in [2.24, 2.45) is 0 Å². The average Bonchev–Trinajstić information content (AvgIpc) is 3.00. The Kier molecular flexibility index (Phi) is 3.63. The monoisotopic (exact) mass is 309 g/mol. The number of amides is 1. The summed E-state index contributed by atoms with van der Waals surface area (Å²) in [6, 6.07) is 4.18. The van der Waals surface area contributed by atoms with Crippen LogP contribution in [0.3, 0.4) is 0 Å². The lowest BCUT2D eigenvalue weighted by atomic mass is 10.1. The van der Waals surface area contributed by atoms with Crippen LogP contribution >= 0.6 is 11.6 Å². The summed E-state index contributed by atoms with van der Waals surface area (Å²) in [7, 11) is 0. The molecule has 0 spiro atoms. The molecule has 1 aliphatic rings. The molecular formula is C14H13ClFN3O2. The van der Waals surface area contributed by atoms with Crippen LogP contribution in [-0.2, 0) is 11.3 Å². The number of nitrogens with zero attached hydrogens (tertiary/aromatic N) is 3. The average molecular weight is 310 g/mol. The number of rotatable bonds is 3. The molecule has 21 heavy (non-hydrogen) atoms. The Morgan fingerprint density at radius 1 is 1.52 bits per heavy atom. The molecule has 1 atom stereocenters. The van der Waals surface area contributed by atoms with Crippen LogP contribution < -0.4 is 0 Å². The first-order valence-corrected chi connectivity index (χ1v) is 6.92. The number of carbonyl (C=O) groups is 1. The first-order chi connectivity index (χ1) is 10.0. The molecule has 0 bridgehead atoms. The number of likely N-dealkylation sites (tertiary alicyclic amines) is 1. The van der Waals surface area contributed by atoms with Crippen molar-refractivity contribution in [1.29, 1.82) is 0 Å². The summed E-state index contributed by atoms with van der Waals surface area (Å²) in [5, 5.41) is 4.18. The third-order valence-corrected chi connectivity index (χ3v) is 3.85. The van der Waals surface area contributed by atoms with Gasteiger partial charge in [0.25, 0.3) is 0 Å². The lowest BCUT2D eigenvalue weighted by molar-refractivity contribution is -0.128. The van der Waals surface area contributed by atoms with E-state index in [9.17, 15) is 9.18 Å². The molecule has 1 saturated heterocycles. The number of benzene rings is 1. The van der Waals surface area contributed by atoms with E-state index >= 15 is 0 Å². The predicted octanol–water partition coefficient (Wildman–Crippen LogP) is 2.69. The summed E-state index contributed by atoms with van der Waals surface area (Å²) in [6.45, 7) is 2.57. The van der Waals surface area contributed by atoms with Gasteiger partial charge in [0.2, 0.25) is 11.8 Å². The van der Waals surface area contributed by atoms with Crippen molar-refractivity contribution in [3.63, 3.8) is 0 Å². The van der Waals surface area contributed by atoms with Gasteiger partial charge >= 0.3 is 0 Å². The van der Waals surface area contributed by atoms with Gasteiger partial charge in [-0.2, -0.15) is 4.98 Å². The molecule has 7 heteroatoms. The fraction of sp³-hybridized carbons (Fsp3) is 0.357. The van der Waals surface area contributed by atoms with Gasteiger partial charge in [0, 0.05) is 37.4 Å². The highest BCUT2D eigenvalue weighted by Crippen LogP contribution is 2.29. The Hall–Kier alpha value is -1.95. The van der Waals surface area contributed by atoms with Crippen molar-refractivity contribution in [3.05, 3.63) is 46.3 Å². The van der Waals surface area contributed by atoms with Crippen LogP contribution in [0.1, 0.15) is 29.6 Å². The van der Waals surface area contributed by atoms with E-state index in [4.69, 9.17) is 16.1 Å². The smallest absolute Gasteiger partial charge is 0.223 e. The van der Waals surface area contributed by atoms with Crippen LogP contribution in [0.2, 0.25) is 5.02 Å². The summed E-state index contributed by atoms with van der Waals surface area (Å²) in [4.78, 5) is 17.9. The van der Waals surface area contributed by atoms with E-state index in [1.54, 1.807) is 17.9 Å². The van der Waals surface area contributed by atoms with Gasteiger partial charge in [-0.1, -0.05) is 22.8 Å². The summed E-state index contributed by atoms with van der Waals surface area (Å²) >= 11 is 5.99. The zero-order valence-electron chi connectivity index (χ0n) is 11.3. The van der Waals surface area contributed by atoms with Crippen molar-refractivity contribution < 1.29 is 13.7 Å². The Balaban J connectivity index is 1.73. The zero-order valence-corrected chi connectivity index (χ0v) is 12.1. The molecule has 1 fully saturated rings. The van der Waals surface area contributed by atoms with Crippen molar-refractivity contribution in [1.82, 2.24) is 15.0 Å². The topological polar surface area (TPSA) is 59.2 Å². The van der Waals surface area contributed by atoms with Crippen LogP contribution in [0, 0.1) is 12.7 Å². The largest absolute Gasteiger partial charge is 0.340 e. The second-order valence-corrected chi connectivity index (χ2v) is 5.49. The molecule has 0 saturated carbocycles. The van der Waals surface area contributed by atoms with Gasteiger partial charge in [-0.05, 0) is 17.7 Å². The van der Waals surface area contributed by atoms with E-state index in [1.807, 2.05) is 0 Å². The SMILES string of the molecule is Cc1nc(C2CC(=O)N(Cc3ccc(F)cc3Cl)C2)no1. The van der Waals surface area contributed by atoms with Crippen LogP contribution in [0.5, 0.6) is 0 Å².